The Morgan fingerprint density at radius 1 is 0.738 bits per heavy atom. The number of hydrogen-bond donors (Lipinski definition) is 1. The van der Waals surface area contributed by atoms with Crippen molar-refractivity contribution in [3.05, 3.63) is 101 Å². The molecule has 21 nitrogen and oxygen atoms in total. The molecule has 6 amide bonds. The van der Waals surface area contributed by atoms with Crippen molar-refractivity contribution < 1.29 is 76.0 Å². The number of hydrogen-bond acceptors (Lipinski definition) is 15. The number of benzene rings is 3. The van der Waals surface area contributed by atoms with Gasteiger partial charge in [-0.3, -0.25) is 33.6 Å². The van der Waals surface area contributed by atoms with E-state index in [0.717, 1.165) is 33.6 Å². The maximum Gasteiger partial charge on any atom is 0.330 e. The molecule has 3 aliphatic rings. The van der Waals surface area contributed by atoms with Gasteiger partial charge in [0.15, 0.2) is 18.1 Å². The molecule has 6 atom stereocenters. The first-order chi connectivity index (χ1) is 39.7. The second kappa shape index (κ2) is 29.1. The van der Waals surface area contributed by atoms with Gasteiger partial charge in [0.05, 0.1) is 31.8 Å². The van der Waals surface area contributed by atoms with Crippen molar-refractivity contribution in [2.24, 2.45) is 5.41 Å². The number of rotatable bonds is 8. The van der Waals surface area contributed by atoms with Crippen LogP contribution < -0.4 is 19.5 Å². The normalized spacial score (nSPS) is 24.0. The maximum absolute atomic E-state index is 15.8. The van der Waals surface area contributed by atoms with Crippen molar-refractivity contribution in [3.63, 3.8) is 0 Å². The molecule has 84 heavy (non-hydrogen) atoms. The minimum Gasteiger partial charge on any atom is -0.493 e. The van der Waals surface area contributed by atoms with Gasteiger partial charge < -0.3 is 58.2 Å². The van der Waals surface area contributed by atoms with E-state index in [4.69, 9.17) is 28.4 Å². The fourth-order valence-corrected chi connectivity index (χ4v) is 10.1. The predicted molar refractivity (Wildman–Crippen MR) is 306 cm³/mol. The van der Waals surface area contributed by atoms with Crippen LogP contribution in [0.5, 0.6) is 17.2 Å². The van der Waals surface area contributed by atoms with E-state index in [2.05, 4.69) is 5.32 Å². The van der Waals surface area contributed by atoms with Crippen LogP contribution in [0, 0.1) is 11.2 Å². The summed E-state index contributed by atoms with van der Waals surface area (Å²) >= 11 is 0. The van der Waals surface area contributed by atoms with Gasteiger partial charge in [0.1, 0.15) is 54.5 Å². The summed E-state index contributed by atoms with van der Waals surface area (Å²) in [5.41, 5.74) is -1.04. The Bertz CT molecular complexity index is 2910. The Balaban J connectivity index is 1.34. The third-order valence-corrected chi connectivity index (χ3v) is 15.3. The van der Waals surface area contributed by atoms with Gasteiger partial charge in [0.2, 0.25) is 29.4 Å². The zero-order valence-corrected chi connectivity index (χ0v) is 50.1. The molecule has 0 saturated carbocycles. The lowest BCUT2D eigenvalue weighted by Gasteiger charge is -2.37. The highest BCUT2D eigenvalue weighted by atomic mass is 19.1. The number of amides is 6. The maximum atomic E-state index is 15.8. The van der Waals surface area contributed by atoms with E-state index in [0.29, 0.717) is 42.7 Å². The summed E-state index contributed by atoms with van der Waals surface area (Å²) < 4.78 is 50.4. The molecule has 0 spiro atoms. The van der Waals surface area contributed by atoms with Gasteiger partial charge in [0.25, 0.3) is 11.8 Å². The van der Waals surface area contributed by atoms with Crippen LogP contribution in [0.25, 0.3) is 0 Å². The number of nitrogens with zero attached hydrogens (tertiary/aromatic N) is 5. The van der Waals surface area contributed by atoms with Gasteiger partial charge >= 0.3 is 11.9 Å². The third kappa shape index (κ3) is 16.9. The first-order valence-corrected chi connectivity index (χ1v) is 28.4. The highest BCUT2D eigenvalue weighted by Gasteiger charge is 2.45. The van der Waals surface area contributed by atoms with Crippen molar-refractivity contribution in [1.29, 1.82) is 0 Å². The molecule has 2 bridgehead atoms. The Labute approximate surface area is 491 Å². The smallest absolute Gasteiger partial charge is 0.330 e. The number of ether oxygens (including phenoxy) is 6. The zero-order valence-electron chi connectivity index (χ0n) is 50.1. The van der Waals surface area contributed by atoms with Crippen LogP contribution in [0.2, 0.25) is 0 Å². The van der Waals surface area contributed by atoms with Crippen LogP contribution >= 0.6 is 0 Å². The highest BCUT2D eigenvalue weighted by Crippen LogP contribution is 2.34. The Kier molecular flexibility index (Phi) is 22.6. The summed E-state index contributed by atoms with van der Waals surface area (Å²) in [5, 5.41) is 2.79. The Morgan fingerprint density at radius 3 is 2.12 bits per heavy atom. The molecule has 0 aliphatic carbocycles. The van der Waals surface area contributed by atoms with Crippen molar-refractivity contribution >= 4 is 53.2 Å². The second-order valence-electron chi connectivity index (χ2n) is 23.1. The second-order valence-corrected chi connectivity index (χ2v) is 23.1. The number of aryl methyl sites for hydroxylation is 1. The average molecular weight is 1170 g/mol. The standard InChI is InChI=1S/C62H81FN6O15/c1-39-55(73)64-53(41-20-13-12-14-21-41)58(76)67(9)47(36-83-61(2,3)4)57(75)68-31-19-23-45(68)56(74)65(7)29-17-16-24-52(71)82-38-62(5,6)54(72)59(77)69-30-18-15-22-46(69)60(78)84-48(27-25-40-26-28-49(79-10)50(32-40)80-11)42-33-43(63)35-44(34-42)81-37-51(70)66(39)8/h12-14,16,20-21,24,26,28,32-35,39,45-48,53H,15,17-19,22-23,25,27,29-31,36-38H2,1-11H3,(H,64,73)/b24-16+/t39-,45-,46-,47-,48+,53?/m0/s1. The van der Waals surface area contributed by atoms with Crippen LogP contribution in [0.3, 0.4) is 0 Å². The molecule has 0 aromatic heterocycles. The highest BCUT2D eigenvalue weighted by molar-refractivity contribution is 6.38. The van der Waals surface area contributed by atoms with Crippen molar-refractivity contribution in [1.82, 2.24) is 29.8 Å². The van der Waals surface area contributed by atoms with Crippen LogP contribution in [-0.2, 0) is 63.8 Å². The monoisotopic (exact) mass is 1170 g/mol. The number of carbonyl (C=O) groups excluding carboxylic acids is 9. The fourth-order valence-electron chi connectivity index (χ4n) is 10.1. The molecule has 6 rings (SSSR count). The average Bonchev–Trinajstić information content (AvgIpc) is 3.27. The first kappa shape index (κ1) is 65.3. The molecule has 1 N–H and O–H groups in total. The van der Waals surface area contributed by atoms with E-state index in [1.165, 1.54) is 75.9 Å². The van der Waals surface area contributed by atoms with Crippen LogP contribution in [0.15, 0.2) is 78.9 Å². The molecule has 456 valence electrons. The summed E-state index contributed by atoms with van der Waals surface area (Å²) in [4.78, 5) is 134. The van der Waals surface area contributed by atoms with E-state index in [1.807, 2.05) is 0 Å². The van der Waals surface area contributed by atoms with Gasteiger partial charge in [-0.1, -0.05) is 42.5 Å². The predicted octanol–water partition coefficient (Wildman–Crippen LogP) is 5.71. The summed E-state index contributed by atoms with van der Waals surface area (Å²) in [6, 6.07) is 11.2. The number of nitrogens with one attached hydrogen (secondary N) is 1. The lowest BCUT2D eigenvalue weighted by Crippen LogP contribution is -2.58. The van der Waals surface area contributed by atoms with Gasteiger partial charge in [-0.25, -0.2) is 14.0 Å². The van der Waals surface area contributed by atoms with Crippen LogP contribution in [0.1, 0.15) is 115 Å². The molecule has 2 fully saturated rings. The molecule has 3 aromatic rings. The number of piperidine rings is 1. The largest absolute Gasteiger partial charge is 0.493 e. The molecular weight excluding hydrogens is 1090 g/mol. The van der Waals surface area contributed by atoms with E-state index < -0.39 is 114 Å². The molecule has 0 radical (unpaired) electrons. The summed E-state index contributed by atoms with van der Waals surface area (Å²) in [7, 11) is 7.34. The minimum absolute atomic E-state index is 0.0436. The van der Waals surface area contributed by atoms with Crippen LogP contribution in [-0.4, -0.2) is 182 Å². The Hall–Kier alpha value is -7.88. The molecule has 3 heterocycles. The molecule has 3 aliphatic heterocycles. The molecule has 2 saturated heterocycles. The van der Waals surface area contributed by atoms with E-state index in [9.17, 15) is 43.2 Å². The number of Topliss-reactive ketones (excluding diaryl/α,β-unsaturated/α-hetero) is 1. The number of halogens is 1. The lowest BCUT2D eigenvalue weighted by atomic mass is 9.87. The SMILES string of the molecule is COc1ccc(CC[C@H]2OC(=O)[C@@H]3CCCCN3C(=O)C(=O)C(C)(C)COC(=O)/C=C/CCN(C)C(=O)[C@@H]3CCCN3C(=O)[C@H](COC(C)(C)C)N(C)C(=O)C(c3ccccc3)NC(=O)[C@H](C)N(C)C(=O)COc3cc(F)cc2c3)cc1OC. The lowest BCUT2D eigenvalue weighted by molar-refractivity contribution is -0.165. The summed E-state index contributed by atoms with van der Waals surface area (Å²) in [5.74, 6) is -6.62. The number of cyclic esters (lactones) is 2. The molecular formula is C62H81FN6O15. The van der Waals surface area contributed by atoms with E-state index >= 15 is 4.39 Å². The molecule has 1 unspecified atom stereocenters. The van der Waals surface area contributed by atoms with Crippen molar-refractivity contribution in [2.75, 3.05) is 74.8 Å². The third-order valence-electron chi connectivity index (χ3n) is 15.3. The van der Waals surface area contributed by atoms with Gasteiger partial charge in [0, 0.05) is 52.9 Å². The number of methoxy groups -OCH3 is 2. The number of esters is 2. The summed E-state index contributed by atoms with van der Waals surface area (Å²) in [6.45, 7) is 8.67. The van der Waals surface area contributed by atoms with Gasteiger partial charge in [-0.15, -0.1) is 0 Å². The van der Waals surface area contributed by atoms with Crippen molar-refractivity contribution in [3.8, 4) is 17.2 Å². The van der Waals surface area contributed by atoms with Crippen LogP contribution in [0.4, 0.5) is 4.39 Å². The van der Waals surface area contributed by atoms with Crippen molar-refractivity contribution in [2.45, 2.75) is 135 Å². The van der Waals surface area contributed by atoms with E-state index in [1.54, 1.807) is 76.3 Å². The molecule has 3 aromatic carbocycles. The summed E-state index contributed by atoms with van der Waals surface area (Å²) in [6.07, 6.45) is 3.98. The minimum atomic E-state index is -1.54. The number of fused-ring (bicyclic) bond motifs is 4. The van der Waals surface area contributed by atoms with Gasteiger partial charge in [-0.05, 0) is 134 Å². The van der Waals surface area contributed by atoms with E-state index in [-0.39, 0.29) is 69.1 Å². The number of likely N-dealkylation sites (N-methyl/N-ethyl adjacent to an activating group) is 3. The topological polar surface area (TPSA) is 237 Å². The fraction of sp³-hybridized carbons (Fsp3) is 0.532. The van der Waals surface area contributed by atoms with Gasteiger partial charge in [-0.2, -0.15) is 0 Å². The Morgan fingerprint density at radius 2 is 1.43 bits per heavy atom. The number of carbonyl (C=O) groups is 9. The zero-order chi connectivity index (χ0) is 61.6. The quantitative estimate of drug-likeness (QED) is 0.210. The molecule has 22 heteroatoms. The first-order valence-electron chi connectivity index (χ1n) is 28.4. The number of ketones is 1.